The van der Waals surface area contributed by atoms with E-state index in [9.17, 15) is 13.6 Å². The molecule has 152 valence electrons. The van der Waals surface area contributed by atoms with Gasteiger partial charge in [0.1, 0.15) is 11.6 Å². The molecule has 2 aromatic carbocycles. The van der Waals surface area contributed by atoms with Crippen LogP contribution in [0.2, 0.25) is 0 Å². The third kappa shape index (κ3) is 4.71. The van der Waals surface area contributed by atoms with Crippen LogP contribution in [0.5, 0.6) is 0 Å². The maximum Gasteiger partial charge on any atom is 0.236 e. The summed E-state index contributed by atoms with van der Waals surface area (Å²) in [4.78, 5) is 16.6. The number of rotatable bonds is 4. The number of hydrogen-bond acceptors (Lipinski definition) is 3. The van der Waals surface area contributed by atoms with E-state index in [0.29, 0.717) is 45.0 Å². The first-order valence-corrected chi connectivity index (χ1v) is 9.89. The molecule has 0 saturated carbocycles. The minimum absolute atomic E-state index is 0.0000986. The summed E-state index contributed by atoms with van der Waals surface area (Å²) >= 11 is 0. The predicted molar refractivity (Wildman–Crippen MR) is 107 cm³/mol. The molecule has 0 aliphatic carbocycles. The second-order valence-electron chi connectivity index (χ2n) is 7.50. The molecule has 1 saturated heterocycles. The van der Waals surface area contributed by atoms with Crippen molar-refractivity contribution in [3.8, 4) is 0 Å². The van der Waals surface area contributed by atoms with Crippen LogP contribution in [0.15, 0.2) is 54.6 Å². The first kappa shape index (κ1) is 19.7. The van der Waals surface area contributed by atoms with Crippen molar-refractivity contribution in [3.05, 3.63) is 77.4 Å². The smallest absolute Gasteiger partial charge is 0.236 e. The highest BCUT2D eigenvalue weighted by Crippen LogP contribution is 2.31. The van der Waals surface area contributed by atoms with Gasteiger partial charge in [0.25, 0.3) is 0 Å². The number of halogens is 2. The molecule has 1 atom stereocenters. The average molecular weight is 398 g/mol. The number of morpholine rings is 1. The number of benzene rings is 2. The summed E-state index contributed by atoms with van der Waals surface area (Å²) in [6.07, 6.45) is 2.00. The van der Waals surface area contributed by atoms with E-state index in [1.165, 1.54) is 6.07 Å². The highest BCUT2D eigenvalue weighted by atomic mass is 19.1. The van der Waals surface area contributed by atoms with Gasteiger partial charge in [-0.15, -0.1) is 0 Å². The fraction of sp³-hybridized carbons (Fsp3) is 0.348. The highest BCUT2D eigenvalue weighted by molar-refractivity contribution is 5.79. The minimum atomic E-state index is -0.472. The molecule has 2 aromatic rings. The summed E-state index contributed by atoms with van der Waals surface area (Å²) in [6, 6.07) is 13.4. The van der Waals surface area contributed by atoms with Crippen molar-refractivity contribution in [1.82, 2.24) is 9.80 Å². The first-order valence-electron chi connectivity index (χ1n) is 9.89. The van der Waals surface area contributed by atoms with Gasteiger partial charge in [-0.05, 0) is 29.3 Å². The number of nitrogens with zero attached hydrogens (tertiary/aromatic N) is 2. The Balaban J connectivity index is 1.60. The van der Waals surface area contributed by atoms with Crippen LogP contribution >= 0.6 is 0 Å². The molecule has 2 aliphatic rings. The zero-order valence-corrected chi connectivity index (χ0v) is 16.2. The quantitative estimate of drug-likeness (QED) is 0.792. The molecule has 0 radical (unpaired) electrons. The summed E-state index contributed by atoms with van der Waals surface area (Å²) in [5, 5.41) is 0. The van der Waals surface area contributed by atoms with E-state index >= 15 is 0 Å². The first-order chi connectivity index (χ1) is 14.1. The van der Waals surface area contributed by atoms with Crippen LogP contribution < -0.4 is 0 Å². The third-order valence-electron chi connectivity index (χ3n) is 5.48. The number of hydrogen-bond donors (Lipinski definition) is 0. The van der Waals surface area contributed by atoms with Gasteiger partial charge in [-0.25, -0.2) is 8.78 Å². The van der Waals surface area contributed by atoms with Crippen LogP contribution in [0.1, 0.15) is 17.0 Å². The predicted octanol–water partition coefficient (Wildman–Crippen LogP) is 3.31. The summed E-state index contributed by atoms with van der Waals surface area (Å²) < 4.78 is 33.6. The summed E-state index contributed by atoms with van der Waals surface area (Å²) in [6.45, 7) is 3.60. The molecule has 29 heavy (non-hydrogen) atoms. The van der Waals surface area contributed by atoms with Crippen LogP contribution in [0.3, 0.4) is 0 Å². The van der Waals surface area contributed by atoms with Crippen molar-refractivity contribution in [2.45, 2.75) is 5.92 Å². The Hall–Kier alpha value is -2.57. The van der Waals surface area contributed by atoms with Gasteiger partial charge in [-0.2, -0.15) is 0 Å². The number of ether oxygens (including phenoxy) is 1. The Morgan fingerprint density at radius 1 is 1.07 bits per heavy atom. The van der Waals surface area contributed by atoms with Gasteiger partial charge in [-0.1, -0.05) is 36.4 Å². The lowest BCUT2D eigenvalue weighted by atomic mass is 9.89. The zero-order valence-electron chi connectivity index (χ0n) is 16.2. The van der Waals surface area contributed by atoms with E-state index in [1.807, 2.05) is 46.2 Å². The van der Waals surface area contributed by atoms with E-state index in [0.717, 1.165) is 17.7 Å². The normalized spacial score (nSPS) is 20.4. The van der Waals surface area contributed by atoms with Gasteiger partial charge in [0.15, 0.2) is 0 Å². The Morgan fingerprint density at radius 3 is 2.59 bits per heavy atom. The standard InChI is InChI=1S/C23H24F2N2O2/c24-20-6-7-22(25)21(13-20)19-12-18(17-4-2-1-3-5-17)14-26(15-19)16-23(28)27-8-10-29-11-9-27/h1-7,12-13,18H,8-11,14-16H2. The SMILES string of the molecule is O=C(CN1CC(c2cc(F)ccc2F)=CC(c2ccccc2)C1)N1CCOCC1. The van der Waals surface area contributed by atoms with Gasteiger partial charge in [0, 0.05) is 37.7 Å². The Kier molecular flexibility index (Phi) is 6.02. The van der Waals surface area contributed by atoms with E-state index in [1.54, 1.807) is 0 Å². The second-order valence-corrected chi connectivity index (χ2v) is 7.50. The molecule has 1 amide bonds. The van der Waals surface area contributed by atoms with Gasteiger partial charge in [-0.3, -0.25) is 9.69 Å². The van der Waals surface area contributed by atoms with Crippen molar-refractivity contribution in [1.29, 1.82) is 0 Å². The maximum absolute atomic E-state index is 14.4. The molecular formula is C23H24F2N2O2. The summed E-state index contributed by atoms with van der Waals surface area (Å²) in [7, 11) is 0. The average Bonchev–Trinajstić information content (AvgIpc) is 2.76. The van der Waals surface area contributed by atoms with Gasteiger partial charge >= 0.3 is 0 Å². The molecule has 0 N–H and O–H groups in total. The molecule has 6 heteroatoms. The molecule has 0 bridgehead atoms. The molecule has 4 nitrogen and oxygen atoms in total. The molecule has 2 aliphatic heterocycles. The lowest BCUT2D eigenvalue weighted by Crippen LogP contribution is -2.47. The summed E-state index contributed by atoms with van der Waals surface area (Å²) in [5.74, 6) is -0.882. The topological polar surface area (TPSA) is 32.8 Å². The molecule has 1 unspecified atom stereocenters. The monoisotopic (exact) mass is 398 g/mol. The highest BCUT2D eigenvalue weighted by Gasteiger charge is 2.27. The molecular weight excluding hydrogens is 374 g/mol. The van der Waals surface area contributed by atoms with Crippen molar-refractivity contribution in [2.75, 3.05) is 45.9 Å². The van der Waals surface area contributed by atoms with E-state index < -0.39 is 11.6 Å². The molecule has 4 rings (SSSR count). The summed E-state index contributed by atoms with van der Waals surface area (Å²) in [5.41, 5.74) is 2.05. The van der Waals surface area contributed by atoms with Crippen molar-refractivity contribution in [3.63, 3.8) is 0 Å². The van der Waals surface area contributed by atoms with Gasteiger partial charge < -0.3 is 9.64 Å². The second kappa shape index (κ2) is 8.84. The number of amides is 1. The fourth-order valence-electron chi connectivity index (χ4n) is 3.98. The minimum Gasteiger partial charge on any atom is -0.378 e. The van der Waals surface area contributed by atoms with Crippen LogP contribution in [-0.2, 0) is 9.53 Å². The lowest BCUT2D eigenvalue weighted by molar-refractivity contribution is -0.136. The van der Waals surface area contributed by atoms with Crippen LogP contribution in [0.4, 0.5) is 8.78 Å². The van der Waals surface area contributed by atoms with Crippen LogP contribution in [0, 0.1) is 11.6 Å². The molecule has 2 heterocycles. The van der Waals surface area contributed by atoms with Gasteiger partial charge in [0.2, 0.25) is 5.91 Å². The van der Waals surface area contributed by atoms with Gasteiger partial charge in [0.05, 0.1) is 19.8 Å². The number of carbonyl (C=O) groups is 1. The van der Waals surface area contributed by atoms with Crippen LogP contribution in [0.25, 0.3) is 5.57 Å². The largest absolute Gasteiger partial charge is 0.378 e. The zero-order chi connectivity index (χ0) is 20.2. The lowest BCUT2D eigenvalue weighted by Gasteiger charge is -2.34. The van der Waals surface area contributed by atoms with E-state index in [4.69, 9.17) is 4.74 Å². The Morgan fingerprint density at radius 2 is 1.83 bits per heavy atom. The Bertz CT molecular complexity index is 895. The molecule has 0 aromatic heterocycles. The fourth-order valence-corrected chi connectivity index (χ4v) is 3.98. The van der Waals surface area contributed by atoms with Crippen molar-refractivity contribution in [2.24, 2.45) is 0 Å². The van der Waals surface area contributed by atoms with Crippen molar-refractivity contribution < 1.29 is 18.3 Å². The van der Waals surface area contributed by atoms with E-state index in [-0.39, 0.29) is 23.9 Å². The van der Waals surface area contributed by atoms with E-state index in [2.05, 4.69) is 0 Å². The Labute approximate surface area is 169 Å². The number of carbonyl (C=O) groups excluding carboxylic acids is 1. The molecule has 0 spiro atoms. The molecule has 1 fully saturated rings. The third-order valence-corrected chi connectivity index (χ3v) is 5.48. The van der Waals surface area contributed by atoms with Crippen molar-refractivity contribution >= 4 is 11.5 Å². The van der Waals surface area contributed by atoms with Crippen LogP contribution in [-0.4, -0.2) is 61.6 Å². The maximum atomic E-state index is 14.4.